The van der Waals surface area contributed by atoms with Crippen LogP contribution in [0.1, 0.15) is 29.6 Å². The maximum Gasteiger partial charge on any atom is 0.254 e. The third-order valence-electron chi connectivity index (χ3n) is 5.44. The van der Waals surface area contributed by atoms with E-state index in [4.69, 9.17) is 4.74 Å². The zero-order chi connectivity index (χ0) is 19.3. The molecule has 2 aromatic heterocycles. The number of piperidine rings is 1. The lowest BCUT2D eigenvalue weighted by atomic mass is 9.97. The van der Waals surface area contributed by atoms with Crippen molar-refractivity contribution in [2.45, 2.75) is 37.5 Å². The molecule has 8 nitrogen and oxygen atoms in total. The largest absolute Gasteiger partial charge is 0.391 e. The van der Waals surface area contributed by atoms with Crippen LogP contribution in [-0.4, -0.2) is 75.4 Å². The van der Waals surface area contributed by atoms with Gasteiger partial charge in [0.1, 0.15) is 5.69 Å². The van der Waals surface area contributed by atoms with E-state index in [9.17, 15) is 9.90 Å². The quantitative estimate of drug-likeness (QED) is 0.808. The van der Waals surface area contributed by atoms with Crippen LogP contribution >= 0.6 is 0 Å². The van der Waals surface area contributed by atoms with Crippen molar-refractivity contribution in [3.8, 4) is 11.5 Å². The predicted molar refractivity (Wildman–Crippen MR) is 103 cm³/mol. The van der Waals surface area contributed by atoms with Crippen molar-refractivity contribution >= 4 is 5.91 Å². The smallest absolute Gasteiger partial charge is 0.254 e. The van der Waals surface area contributed by atoms with Gasteiger partial charge in [-0.1, -0.05) is 6.07 Å². The molecule has 0 aliphatic carbocycles. The van der Waals surface area contributed by atoms with E-state index in [1.165, 1.54) is 12.4 Å². The molecule has 2 saturated heterocycles. The van der Waals surface area contributed by atoms with Crippen molar-refractivity contribution in [2.24, 2.45) is 0 Å². The second-order valence-electron chi connectivity index (χ2n) is 7.28. The minimum atomic E-state index is -0.547. The van der Waals surface area contributed by atoms with Gasteiger partial charge in [0.25, 0.3) is 5.91 Å². The number of aliphatic hydroxyl groups excluding tert-OH is 1. The van der Waals surface area contributed by atoms with Crippen LogP contribution in [0.5, 0.6) is 0 Å². The summed E-state index contributed by atoms with van der Waals surface area (Å²) in [5.41, 5.74) is 1.03. The van der Waals surface area contributed by atoms with Gasteiger partial charge in [-0.3, -0.25) is 14.7 Å². The molecule has 8 heteroatoms. The first-order chi connectivity index (χ1) is 13.7. The first-order valence-corrected chi connectivity index (χ1v) is 9.75. The van der Waals surface area contributed by atoms with Gasteiger partial charge >= 0.3 is 0 Å². The van der Waals surface area contributed by atoms with E-state index in [1.807, 2.05) is 18.2 Å². The number of nitrogens with zero attached hydrogens (tertiary/aromatic N) is 4. The molecule has 4 heterocycles. The van der Waals surface area contributed by atoms with Gasteiger partial charge < -0.3 is 15.2 Å². The van der Waals surface area contributed by atoms with E-state index in [-0.39, 0.29) is 11.9 Å². The number of nitrogens with one attached hydrogen (secondary N) is 1. The van der Waals surface area contributed by atoms with Gasteiger partial charge in [-0.05, 0) is 31.4 Å². The molecule has 0 unspecified atom stereocenters. The van der Waals surface area contributed by atoms with Gasteiger partial charge in [-0.2, -0.15) is 0 Å². The second-order valence-corrected chi connectivity index (χ2v) is 7.28. The molecule has 0 saturated carbocycles. The number of aliphatic hydroxyl groups is 1. The average Bonchev–Trinajstić information content (AvgIpc) is 2.76. The Bertz CT molecular complexity index is 780. The number of hydrogen-bond acceptors (Lipinski definition) is 7. The first kappa shape index (κ1) is 18.9. The lowest BCUT2D eigenvalue weighted by molar-refractivity contribution is -0.00892. The molecule has 2 aliphatic heterocycles. The molecule has 0 radical (unpaired) electrons. The molecule has 1 amide bonds. The minimum Gasteiger partial charge on any atom is -0.391 e. The van der Waals surface area contributed by atoms with Crippen LogP contribution in [-0.2, 0) is 4.74 Å². The highest BCUT2D eigenvalue weighted by molar-refractivity contribution is 5.94. The van der Waals surface area contributed by atoms with Crippen LogP contribution in [0, 0.1) is 0 Å². The van der Waals surface area contributed by atoms with Gasteiger partial charge in [0.05, 0.1) is 17.7 Å². The van der Waals surface area contributed by atoms with Crippen molar-refractivity contribution in [1.29, 1.82) is 0 Å². The fraction of sp³-hybridized carbons (Fsp3) is 0.500. The number of aromatic nitrogens is 3. The number of hydrogen-bond donors (Lipinski definition) is 2. The zero-order valence-corrected chi connectivity index (χ0v) is 15.7. The van der Waals surface area contributed by atoms with E-state index in [1.54, 1.807) is 6.20 Å². The van der Waals surface area contributed by atoms with Crippen LogP contribution in [0.2, 0.25) is 0 Å². The summed E-state index contributed by atoms with van der Waals surface area (Å²) in [6.07, 6.45) is 6.77. The van der Waals surface area contributed by atoms with E-state index < -0.39 is 6.10 Å². The van der Waals surface area contributed by atoms with Gasteiger partial charge in [-0.25, -0.2) is 9.97 Å². The molecule has 2 aromatic rings. The molecule has 0 aromatic carbocycles. The monoisotopic (exact) mass is 383 g/mol. The third kappa shape index (κ3) is 4.35. The second kappa shape index (κ2) is 8.72. The highest BCUT2D eigenvalue weighted by Gasteiger charge is 2.33. The fourth-order valence-corrected chi connectivity index (χ4v) is 3.81. The Hall–Kier alpha value is -2.42. The number of pyridine rings is 1. The average molecular weight is 383 g/mol. The van der Waals surface area contributed by atoms with E-state index >= 15 is 0 Å². The SMILES string of the molecule is O=C(N[C@@H]1CN(C2CCOCC2)CC[C@@H]1O)c1cnc(-c2ccccn2)nc1. The Morgan fingerprint density at radius 2 is 1.93 bits per heavy atom. The van der Waals surface area contributed by atoms with E-state index in [0.717, 1.165) is 32.6 Å². The molecule has 0 bridgehead atoms. The van der Waals surface area contributed by atoms with Crippen molar-refractivity contribution in [2.75, 3.05) is 26.3 Å². The Balaban J connectivity index is 1.39. The zero-order valence-electron chi connectivity index (χ0n) is 15.7. The van der Waals surface area contributed by atoms with Gasteiger partial charge in [0.2, 0.25) is 0 Å². The Morgan fingerprint density at radius 1 is 1.14 bits per heavy atom. The topological polar surface area (TPSA) is 100 Å². The molecule has 148 valence electrons. The van der Waals surface area contributed by atoms with Crippen molar-refractivity contribution in [3.63, 3.8) is 0 Å². The maximum absolute atomic E-state index is 12.6. The van der Waals surface area contributed by atoms with Crippen LogP contribution in [0.25, 0.3) is 11.5 Å². The van der Waals surface area contributed by atoms with Crippen molar-refractivity contribution < 1.29 is 14.6 Å². The standard InChI is InChI=1S/C20H25N5O3/c26-18-4-8-25(15-5-9-28-10-6-15)13-17(18)24-20(27)14-11-22-19(23-12-14)16-3-1-2-7-21-16/h1-3,7,11-12,15,17-18,26H,4-6,8-10,13H2,(H,24,27)/t17-,18+/m1/s1. The van der Waals surface area contributed by atoms with E-state index in [0.29, 0.717) is 36.1 Å². The maximum atomic E-state index is 12.6. The highest BCUT2D eigenvalue weighted by atomic mass is 16.5. The molecule has 28 heavy (non-hydrogen) atoms. The normalized spacial score (nSPS) is 24.0. The van der Waals surface area contributed by atoms with E-state index in [2.05, 4.69) is 25.2 Å². The van der Waals surface area contributed by atoms with Crippen molar-refractivity contribution in [1.82, 2.24) is 25.2 Å². The summed E-state index contributed by atoms with van der Waals surface area (Å²) in [6.45, 7) is 3.05. The number of ether oxygens (including phenoxy) is 1. The molecule has 2 N–H and O–H groups in total. The molecule has 0 spiro atoms. The minimum absolute atomic E-state index is 0.273. The summed E-state index contributed by atoms with van der Waals surface area (Å²) in [5.74, 6) is 0.200. The highest BCUT2D eigenvalue weighted by Crippen LogP contribution is 2.20. The summed E-state index contributed by atoms with van der Waals surface area (Å²) in [7, 11) is 0. The fourth-order valence-electron chi connectivity index (χ4n) is 3.81. The molecule has 2 fully saturated rings. The Morgan fingerprint density at radius 3 is 2.64 bits per heavy atom. The summed E-state index contributed by atoms with van der Waals surface area (Å²) in [6, 6.07) is 5.66. The Labute approximate surface area is 164 Å². The first-order valence-electron chi connectivity index (χ1n) is 9.75. The van der Waals surface area contributed by atoms with Crippen LogP contribution < -0.4 is 5.32 Å². The summed E-state index contributed by atoms with van der Waals surface area (Å²) < 4.78 is 5.44. The lowest BCUT2D eigenvalue weighted by Gasteiger charge is -2.42. The summed E-state index contributed by atoms with van der Waals surface area (Å²) in [4.78, 5) is 27.7. The van der Waals surface area contributed by atoms with Crippen LogP contribution in [0.4, 0.5) is 0 Å². The van der Waals surface area contributed by atoms with Gasteiger partial charge in [0, 0.05) is 50.9 Å². The third-order valence-corrected chi connectivity index (χ3v) is 5.44. The summed E-state index contributed by atoms with van der Waals surface area (Å²) >= 11 is 0. The molecule has 2 aliphatic rings. The number of carbonyl (C=O) groups is 1. The lowest BCUT2D eigenvalue weighted by Crippen LogP contribution is -2.57. The van der Waals surface area contributed by atoms with Gasteiger partial charge in [0.15, 0.2) is 5.82 Å². The Kier molecular flexibility index (Phi) is 5.90. The van der Waals surface area contributed by atoms with Crippen molar-refractivity contribution in [3.05, 3.63) is 42.4 Å². The number of amides is 1. The number of carbonyl (C=O) groups excluding carboxylic acids is 1. The number of rotatable bonds is 4. The number of likely N-dealkylation sites (tertiary alicyclic amines) is 1. The molecule has 4 rings (SSSR count). The molecule has 2 atom stereocenters. The predicted octanol–water partition coefficient (Wildman–Crippen LogP) is 0.883. The molecular weight excluding hydrogens is 358 g/mol. The van der Waals surface area contributed by atoms with Crippen LogP contribution in [0.15, 0.2) is 36.8 Å². The summed E-state index contributed by atoms with van der Waals surface area (Å²) in [5, 5.41) is 13.3. The molecular formula is C20H25N5O3. The van der Waals surface area contributed by atoms with Gasteiger partial charge in [-0.15, -0.1) is 0 Å². The van der Waals surface area contributed by atoms with Crippen LogP contribution in [0.3, 0.4) is 0 Å².